The van der Waals surface area contributed by atoms with Gasteiger partial charge in [0, 0.05) is 30.5 Å². The van der Waals surface area contributed by atoms with Crippen molar-refractivity contribution < 1.29 is 9.84 Å². The zero-order chi connectivity index (χ0) is 12.5. The first-order chi connectivity index (χ1) is 8.03. The second-order valence-corrected chi connectivity index (χ2v) is 5.88. The maximum atomic E-state index is 10.4. The Morgan fingerprint density at radius 1 is 1.71 bits per heavy atom. The third-order valence-corrected chi connectivity index (χ3v) is 4.87. The molecule has 1 aliphatic heterocycles. The third-order valence-electron chi connectivity index (χ3n) is 3.67. The molecule has 1 aromatic heterocycles. The highest BCUT2D eigenvalue weighted by atomic mass is 32.1. The van der Waals surface area contributed by atoms with E-state index in [1.165, 1.54) is 10.4 Å². The SMILES string of the molecule is Cc1ccsc1C(C)NCC1(O)CCOC1C. The maximum absolute atomic E-state index is 10.4. The lowest BCUT2D eigenvalue weighted by Crippen LogP contribution is -2.46. The van der Waals surface area contributed by atoms with Crippen LogP contribution < -0.4 is 5.32 Å². The van der Waals surface area contributed by atoms with E-state index in [0.29, 0.717) is 13.2 Å². The lowest BCUT2D eigenvalue weighted by atomic mass is 9.96. The number of nitrogens with one attached hydrogen (secondary N) is 1. The third kappa shape index (κ3) is 2.71. The van der Waals surface area contributed by atoms with Crippen molar-refractivity contribution in [2.45, 2.75) is 44.9 Å². The molecule has 0 aromatic carbocycles. The average molecular weight is 255 g/mol. The molecule has 3 nitrogen and oxygen atoms in total. The van der Waals surface area contributed by atoms with E-state index in [9.17, 15) is 5.11 Å². The van der Waals surface area contributed by atoms with Crippen molar-refractivity contribution in [1.82, 2.24) is 5.32 Å². The molecule has 1 aromatic rings. The molecule has 0 radical (unpaired) electrons. The van der Waals surface area contributed by atoms with Gasteiger partial charge in [-0.15, -0.1) is 11.3 Å². The predicted molar refractivity (Wildman–Crippen MR) is 70.5 cm³/mol. The molecule has 96 valence electrons. The van der Waals surface area contributed by atoms with Crippen LogP contribution in [0.3, 0.4) is 0 Å². The van der Waals surface area contributed by atoms with Crippen LogP contribution in [0, 0.1) is 6.92 Å². The predicted octanol–water partition coefficient (Wildman–Crippen LogP) is 2.25. The second kappa shape index (κ2) is 5.06. The summed E-state index contributed by atoms with van der Waals surface area (Å²) >= 11 is 1.76. The van der Waals surface area contributed by atoms with Gasteiger partial charge in [-0.05, 0) is 37.8 Å². The van der Waals surface area contributed by atoms with E-state index >= 15 is 0 Å². The van der Waals surface area contributed by atoms with E-state index in [-0.39, 0.29) is 12.1 Å². The minimum absolute atomic E-state index is 0.0772. The Bertz CT molecular complexity index is 379. The second-order valence-electron chi connectivity index (χ2n) is 4.94. The molecular weight excluding hydrogens is 234 g/mol. The van der Waals surface area contributed by atoms with E-state index < -0.39 is 5.60 Å². The number of rotatable bonds is 4. The largest absolute Gasteiger partial charge is 0.386 e. The van der Waals surface area contributed by atoms with Gasteiger partial charge < -0.3 is 15.2 Å². The van der Waals surface area contributed by atoms with Crippen LogP contribution in [-0.2, 0) is 4.74 Å². The van der Waals surface area contributed by atoms with Gasteiger partial charge in [0.05, 0.1) is 6.10 Å². The molecular formula is C13H21NO2S. The number of hydrogen-bond donors (Lipinski definition) is 2. The Balaban J connectivity index is 1.92. The van der Waals surface area contributed by atoms with E-state index in [2.05, 4.69) is 30.6 Å². The molecule has 0 bridgehead atoms. The summed E-state index contributed by atoms with van der Waals surface area (Å²) in [4.78, 5) is 1.35. The maximum Gasteiger partial charge on any atom is 0.105 e. The molecule has 0 aliphatic carbocycles. The van der Waals surface area contributed by atoms with Crippen molar-refractivity contribution in [2.24, 2.45) is 0 Å². The van der Waals surface area contributed by atoms with E-state index in [1.807, 2.05) is 6.92 Å². The molecule has 1 fully saturated rings. The Morgan fingerprint density at radius 3 is 3.00 bits per heavy atom. The summed E-state index contributed by atoms with van der Waals surface area (Å²) in [5, 5.41) is 15.9. The molecule has 2 N–H and O–H groups in total. The van der Waals surface area contributed by atoms with Crippen molar-refractivity contribution in [3.63, 3.8) is 0 Å². The summed E-state index contributed by atoms with van der Waals surface area (Å²) < 4.78 is 5.43. The number of aliphatic hydroxyl groups is 1. The standard InChI is InChI=1S/C13H21NO2S/c1-9-4-7-17-12(9)10(2)14-8-13(15)5-6-16-11(13)3/h4,7,10-11,14-15H,5-6,8H2,1-3H3. The van der Waals surface area contributed by atoms with E-state index in [4.69, 9.17) is 4.74 Å². The molecule has 3 unspecified atom stereocenters. The van der Waals surface area contributed by atoms with Crippen molar-refractivity contribution in [1.29, 1.82) is 0 Å². The Kier molecular flexibility index (Phi) is 3.88. The number of ether oxygens (including phenoxy) is 1. The highest BCUT2D eigenvalue weighted by Gasteiger charge is 2.39. The van der Waals surface area contributed by atoms with Crippen LogP contribution in [0.1, 0.15) is 36.8 Å². The van der Waals surface area contributed by atoms with Gasteiger partial charge in [0.25, 0.3) is 0 Å². The molecule has 0 amide bonds. The first-order valence-corrected chi connectivity index (χ1v) is 7.02. The van der Waals surface area contributed by atoms with E-state index in [1.54, 1.807) is 11.3 Å². The lowest BCUT2D eigenvalue weighted by Gasteiger charge is -2.28. The van der Waals surface area contributed by atoms with Crippen LogP contribution >= 0.6 is 11.3 Å². The van der Waals surface area contributed by atoms with Gasteiger partial charge in [0.2, 0.25) is 0 Å². The van der Waals surface area contributed by atoms with Gasteiger partial charge in [0.1, 0.15) is 5.60 Å². The fraction of sp³-hybridized carbons (Fsp3) is 0.692. The van der Waals surface area contributed by atoms with Crippen LogP contribution in [-0.4, -0.2) is 30.0 Å². The van der Waals surface area contributed by atoms with Crippen LogP contribution in [0.4, 0.5) is 0 Å². The Morgan fingerprint density at radius 2 is 2.47 bits per heavy atom. The van der Waals surface area contributed by atoms with Crippen LogP contribution in [0.2, 0.25) is 0 Å². The van der Waals surface area contributed by atoms with Gasteiger partial charge in [0.15, 0.2) is 0 Å². The molecule has 3 atom stereocenters. The summed E-state index contributed by atoms with van der Waals surface area (Å²) in [5.41, 5.74) is 0.608. The molecule has 4 heteroatoms. The van der Waals surface area contributed by atoms with Gasteiger partial charge in [-0.2, -0.15) is 0 Å². The summed E-state index contributed by atoms with van der Waals surface area (Å²) in [6, 6.07) is 2.42. The summed E-state index contributed by atoms with van der Waals surface area (Å²) in [5.74, 6) is 0. The zero-order valence-corrected chi connectivity index (χ0v) is 11.5. The van der Waals surface area contributed by atoms with Crippen molar-refractivity contribution in [3.05, 3.63) is 21.9 Å². The zero-order valence-electron chi connectivity index (χ0n) is 10.7. The fourth-order valence-electron chi connectivity index (χ4n) is 2.25. The van der Waals surface area contributed by atoms with Gasteiger partial charge >= 0.3 is 0 Å². The molecule has 2 rings (SSSR count). The number of aryl methyl sites for hydroxylation is 1. The van der Waals surface area contributed by atoms with Crippen LogP contribution in [0.5, 0.6) is 0 Å². The number of thiophene rings is 1. The molecule has 2 heterocycles. The lowest BCUT2D eigenvalue weighted by molar-refractivity contribution is -0.0273. The molecule has 17 heavy (non-hydrogen) atoms. The van der Waals surface area contributed by atoms with Gasteiger partial charge in [-0.3, -0.25) is 0 Å². The minimum Gasteiger partial charge on any atom is -0.386 e. The minimum atomic E-state index is -0.709. The smallest absolute Gasteiger partial charge is 0.105 e. The van der Waals surface area contributed by atoms with Crippen molar-refractivity contribution >= 4 is 11.3 Å². The Hall–Kier alpha value is -0.420. The van der Waals surface area contributed by atoms with Gasteiger partial charge in [-0.25, -0.2) is 0 Å². The topological polar surface area (TPSA) is 41.5 Å². The average Bonchev–Trinajstić information content (AvgIpc) is 2.84. The van der Waals surface area contributed by atoms with Crippen LogP contribution in [0.25, 0.3) is 0 Å². The molecule has 0 saturated carbocycles. The summed E-state index contributed by atoms with van der Waals surface area (Å²) in [6.07, 6.45) is 0.642. The first kappa shape index (κ1) is 13.0. The highest BCUT2D eigenvalue weighted by Crippen LogP contribution is 2.27. The highest BCUT2D eigenvalue weighted by molar-refractivity contribution is 7.10. The quantitative estimate of drug-likeness (QED) is 0.867. The number of hydrogen-bond acceptors (Lipinski definition) is 4. The van der Waals surface area contributed by atoms with Crippen molar-refractivity contribution in [2.75, 3.05) is 13.2 Å². The van der Waals surface area contributed by atoms with Crippen LogP contribution in [0.15, 0.2) is 11.4 Å². The Labute approximate surface area is 107 Å². The summed E-state index contributed by atoms with van der Waals surface area (Å²) in [7, 11) is 0. The van der Waals surface area contributed by atoms with Crippen molar-refractivity contribution in [3.8, 4) is 0 Å². The molecule has 1 saturated heterocycles. The normalized spacial score (nSPS) is 30.7. The molecule has 1 aliphatic rings. The van der Waals surface area contributed by atoms with Gasteiger partial charge in [-0.1, -0.05) is 0 Å². The fourth-order valence-corrected chi connectivity index (χ4v) is 3.21. The monoisotopic (exact) mass is 255 g/mol. The summed E-state index contributed by atoms with van der Waals surface area (Å²) in [6.45, 7) is 7.46. The van der Waals surface area contributed by atoms with E-state index in [0.717, 1.165) is 6.42 Å². The molecule has 0 spiro atoms. The first-order valence-electron chi connectivity index (χ1n) is 6.14.